The number of aromatic nitrogens is 2. The zero-order chi connectivity index (χ0) is 13.1. The summed E-state index contributed by atoms with van der Waals surface area (Å²) in [6.07, 6.45) is 6.46. The van der Waals surface area contributed by atoms with E-state index in [1.807, 2.05) is 6.20 Å². The zero-order valence-electron chi connectivity index (χ0n) is 11.0. The summed E-state index contributed by atoms with van der Waals surface area (Å²) in [6, 6.07) is 11.2. The second-order valence-electron chi connectivity index (χ2n) is 5.19. The molecule has 0 aliphatic carbocycles. The smallest absolute Gasteiger partial charge is 0.177 e. The van der Waals surface area contributed by atoms with Gasteiger partial charge in [-0.2, -0.15) is 0 Å². The van der Waals surface area contributed by atoms with Crippen LogP contribution in [-0.2, 0) is 6.54 Å². The summed E-state index contributed by atoms with van der Waals surface area (Å²) in [6.45, 7) is 3.30. The third kappa shape index (κ3) is 2.96. The number of aromatic amines is 1. The number of hydrogen-bond donors (Lipinski definition) is 1. The molecule has 2 heterocycles. The minimum Gasteiger partial charge on any atom is -0.337 e. The maximum Gasteiger partial charge on any atom is 0.177 e. The van der Waals surface area contributed by atoms with E-state index in [-0.39, 0.29) is 0 Å². The summed E-state index contributed by atoms with van der Waals surface area (Å²) >= 11 is 5.32. The Morgan fingerprint density at radius 2 is 2.11 bits per heavy atom. The Balaban J connectivity index is 1.69. The van der Waals surface area contributed by atoms with Crippen LogP contribution in [0.4, 0.5) is 0 Å². The van der Waals surface area contributed by atoms with Crippen molar-refractivity contribution in [3.8, 4) is 0 Å². The van der Waals surface area contributed by atoms with Crippen molar-refractivity contribution in [3.63, 3.8) is 0 Å². The van der Waals surface area contributed by atoms with E-state index < -0.39 is 0 Å². The number of nitrogens with zero attached hydrogens (tertiary/aromatic N) is 2. The van der Waals surface area contributed by atoms with E-state index in [0.29, 0.717) is 6.04 Å². The van der Waals surface area contributed by atoms with Crippen molar-refractivity contribution in [2.75, 3.05) is 13.1 Å². The largest absolute Gasteiger partial charge is 0.337 e. The van der Waals surface area contributed by atoms with Crippen molar-refractivity contribution in [2.45, 2.75) is 25.4 Å². The van der Waals surface area contributed by atoms with Crippen molar-refractivity contribution < 1.29 is 0 Å². The van der Waals surface area contributed by atoms with Gasteiger partial charge in [0.15, 0.2) is 4.77 Å². The molecular formula is C15H19N3S. The lowest BCUT2D eigenvalue weighted by Crippen LogP contribution is -2.36. The Bertz CT molecular complexity index is 572. The number of benzene rings is 1. The number of imidazole rings is 1. The first-order valence-corrected chi connectivity index (χ1v) is 7.25. The molecule has 1 unspecified atom stereocenters. The highest BCUT2D eigenvalue weighted by atomic mass is 32.1. The van der Waals surface area contributed by atoms with Crippen LogP contribution in [-0.4, -0.2) is 27.5 Å². The molecule has 19 heavy (non-hydrogen) atoms. The van der Waals surface area contributed by atoms with Crippen LogP contribution in [0.3, 0.4) is 0 Å². The van der Waals surface area contributed by atoms with Gasteiger partial charge >= 0.3 is 0 Å². The first kappa shape index (κ1) is 12.6. The van der Waals surface area contributed by atoms with Crippen molar-refractivity contribution >= 4 is 12.2 Å². The van der Waals surface area contributed by atoms with Gasteiger partial charge in [-0.15, -0.1) is 0 Å². The summed E-state index contributed by atoms with van der Waals surface area (Å²) in [5.41, 5.74) is 1.39. The van der Waals surface area contributed by atoms with Crippen LogP contribution in [0.5, 0.6) is 0 Å². The van der Waals surface area contributed by atoms with Crippen LogP contribution < -0.4 is 0 Å². The van der Waals surface area contributed by atoms with Crippen LogP contribution in [0.25, 0.3) is 0 Å². The van der Waals surface area contributed by atoms with Gasteiger partial charge in [0.2, 0.25) is 0 Å². The molecule has 0 spiro atoms. The fraction of sp³-hybridized carbons (Fsp3) is 0.400. The van der Waals surface area contributed by atoms with E-state index >= 15 is 0 Å². The Kier molecular flexibility index (Phi) is 3.80. The minimum atomic E-state index is 0.510. The molecule has 1 N–H and O–H groups in total. The van der Waals surface area contributed by atoms with Gasteiger partial charge in [0.1, 0.15) is 0 Å². The van der Waals surface area contributed by atoms with Gasteiger partial charge in [-0.1, -0.05) is 30.3 Å². The van der Waals surface area contributed by atoms with Gasteiger partial charge in [0.05, 0.1) is 0 Å². The number of piperidine rings is 1. The third-order valence-corrected chi connectivity index (χ3v) is 4.13. The predicted octanol–water partition coefficient (Wildman–Crippen LogP) is 3.38. The van der Waals surface area contributed by atoms with Crippen molar-refractivity contribution in [3.05, 3.63) is 53.1 Å². The first-order valence-electron chi connectivity index (χ1n) is 6.85. The lowest BCUT2D eigenvalue weighted by molar-refractivity contribution is 0.169. The van der Waals surface area contributed by atoms with Gasteiger partial charge in [-0.3, -0.25) is 4.90 Å². The molecule has 1 aromatic carbocycles. The maximum absolute atomic E-state index is 5.32. The SMILES string of the molecule is S=c1[nH]ccn1C1CCCN(Cc2ccccc2)C1. The molecule has 0 radical (unpaired) electrons. The van der Waals surface area contributed by atoms with Crippen LogP contribution in [0.1, 0.15) is 24.4 Å². The van der Waals surface area contributed by atoms with Crippen molar-refractivity contribution in [1.82, 2.24) is 14.5 Å². The molecule has 1 aliphatic rings. The number of likely N-dealkylation sites (tertiary alicyclic amines) is 1. The van der Waals surface area contributed by atoms with E-state index in [4.69, 9.17) is 12.2 Å². The first-order chi connectivity index (χ1) is 9.33. The van der Waals surface area contributed by atoms with Gasteiger partial charge < -0.3 is 9.55 Å². The lowest BCUT2D eigenvalue weighted by atomic mass is 10.0. The minimum absolute atomic E-state index is 0.510. The van der Waals surface area contributed by atoms with Crippen LogP contribution >= 0.6 is 12.2 Å². The second kappa shape index (κ2) is 5.72. The lowest BCUT2D eigenvalue weighted by Gasteiger charge is -2.33. The highest BCUT2D eigenvalue weighted by Crippen LogP contribution is 2.23. The molecule has 1 saturated heterocycles. The van der Waals surface area contributed by atoms with E-state index in [9.17, 15) is 0 Å². The monoisotopic (exact) mass is 273 g/mol. The fourth-order valence-corrected chi connectivity index (χ4v) is 3.14. The van der Waals surface area contributed by atoms with Gasteiger partial charge in [0, 0.05) is 31.5 Å². The van der Waals surface area contributed by atoms with Crippen LogP contribution in [0.2, 0.25) is 0 Å². The molecule has 1 aromatic heterocycles. The topological polar surface area (TPSA) is 24.0 Å². The van der Waals surface area contributed by atoms with Gasteiger partial charge in [0.25, 0.3) is 0 Å². The van der Waals surface area contributed by atoms with Gasteiger partial charge in [-0.25, -0.2) is 0 Å². The summed E-state index contributed by atoms with van der Waals surface area (Å²) < 4.78 is 3.04. The molecule has 1 atom stereocenters. The molecule has 100 valence electrons. The summed E-state index contributed by atoms with van der Waals surface area (Å²) in [5, 5.41) is 0. The molecule has 2 aromatic rings. The molecule has 4 heteroatoms. The van der Waals surface area contributed by atoms with E-state index in [1.54, 1.807) is 0 Å². The van der Waals surface area contributed by atoms with Gasteiger partial charge in [-0.05, 0) is 37.2 Å². The maximum atomic E-state index is 5.32. The number of hydrogen-bond acceptors (Lipinski definition) is 2. The highest BCUT2D eigenvalue weighted by molar-refractivity contribution is 7.71. The third-order valence-electron chi connectivity index (χ3n) is 3.80. The Labute approximate surface area is 118 Å². The summed E-state index contributed by atoms with van der Waals surface area (Å²) in [7, 11) is 0. The van der Waals surface area contributed by atoms with Crippen molar-refractivity contribution in [1.29, 1.82) is 0 Å². The number of nitrogens with one attached hydrogen (secondary N) is 1. The van der Waals surface area contributed by atoms with E-state index in [2.05, 4.69) is 51.0 Å². The summed E-state index contributed by atoms with van der Waals surface area (Å²) in [4.78, 5) is 5.62. The zero-order valence-corrected chi connectivity index (χ0v) is 11.8. The average molecular weight is 273 g/mol. The van der Waals surface area contributed by atoms with E-state index in [0.717, 1.165) is 17.9 Å². The van der Waals surface area contributed by atoms with Crippen LogP contribution in [0.15, 0.2) is 42.7 Å². The molecule has 0 saturated carbocycles. The standard InChI is InChI=1S/C15H19N3S/c19-15-16-8-10-18(15)14-7-4-9-17(12-14)11-13-5-2-1-3-6-13/h1-3,5-6,8,10,14H,4,7,9,11-12H2,(H,16,19). The Morgan fingerprint density at radius 1 is 1.26 bits per heavy atom. The molecule has 1 aliphatic heterocycles. The van der Waals surface area contributed by atoms with E-state index in [1.165, 1.54) is 24.9 Å². The predicted molar refractivity (Wildman–Crippen MR) is 79.6 cm³/mol. The van der Waals surface area contributed by atoms with Crippen LogP contribution in [0, 0.1) is 4.77 Å². The molecular weight excluding hydrogens is 254 g/mol. The molecule has 3 rings (SSSR count). The molecule has 3 nitrogen and oxygen atoms in total. The highest BCUT2D eigenvalue weighted by Gasteiger charge is 2.21. The quantitative estimate of drug-likeness (QED) is 0.867. The Morgan fingerprint density at radius 3 is 2.84 bits per heavy atom. The normalized spacial score (nSPS) is 20.5. The molecule has 0 amide bonds. The molecule has 0 bridgehead atoms. The molecule has 1 fully saturated rings. The average Bonchev–Trinajstić information content (AvgIpc) is 2.86. The number of rotatable bonds is 3. The Hall–Kier alpha value is -1.39. The number of H-pyrrole nitrogens is 1. The second-order valence-corrected chi connectivity index (χ2v) is 5.58. The van der Waals surface area contributed by atoms with Crippen molar-refractivity contribution in [2.24, 2.45) is 0 Å². The summed E-state index contributed by atoms with van der Waals surface area (Å²) in [5.74, 6) is 0. The fourth-order valence-electron chi connectivity index (χ4n) is 2.86.